The first-order valence-electron chi connectivity index (χ1n) is 11.8. The van der Waals surface area contributed by atoms with Crippen molar-refractivity contribution >= 4 is 28.5 Å². The summed E-state index contributed by atoms with van der Waals surface area (Å²) < 4.78 is 2.00. The molecule has 9 heteroatoms. The third-order valence-corrected chi connectivity index (χ3v) is 6.40. The van der Waals surface area contributed by atoms with Gasteiger partial charge in [-0.3, -0.25) is 9.59 Å². The second kappa shape index (κ2) is 11.2. The number of hydrogen-bond acceptors (Lipinski definition) is 6. The standard InChI is InChI=1S/C22H27N3O4.C3H6N2/c1-13-19(24-10-8-15(11-24)7-9-23-14(2)26)6-5-17-20(13)25(16-3-4-16)12-18(21(17)27)22(28)29;4-2-1-3-5/h5-6,12,15-16H,3-4,7-11H2,1-2H3,(H,23,26)(H,28,29);1-2,4H2. The molecule has 9 nitrogen and oxygen atoms in total. The van der Waals surface area contributed by atoms with Crippen LogP contribution in [0, 0.1) is 24.2 Å². The molecule has 2 fully saturated rings. The van der Waals surface area contributed by atoms with E-state index in [1.54, 1.807) is 6.07 Å². The minimum Gasteiger partial charge on any atom is -0.477 e. The number of nitrogens with one attached hydrogen (secondary N) is 1. The number of amides is 1. The lowest BCUT2D eigenvalue weighted by molar-refractivity contribution is -0.119. The zero-order valence-electron chi connectivity index (χ0n) is 19.8. The number of rotatable bonds is 7. The molecule has 2 aromatic rings. The van der Waals surface area contributed by atoms with Gasteiger partial charge in [0.2, 0.25) is 11.3 Å². The van der Waals surface area contributed by atoms with Gasteiger partial charge in [-0.1, -0.05) is 0 Å². The van der Waals surface area contributed by atoms with Crippen LogP contribution in [0.5, 0.6) is 0 Å². The first-order valence-corrected chi connectivity index (χ1v) is 11.8. The first kappa shape index (κ1) is 25.2. The smallest absolute Gasteiger partial charge is 0.341 e. The van der Waals surface area contributed by atoms with Crippen molar-refractivity contribution in [2.24, 2.45) is 11.7 Å². The first-order chi connectivity index (χ1) is 16.3. The quantitative estimate of drug-likeness (QED) is 0.568. The fraction of sp³-hybridized carbons (Fsp3) is 0.520. The minimum atomic E-state index is -1.17. The number of aryl methyl sites for hydroxylation is 1. The van der Waals surface area contributed by atoms with E-state index < -0.39 is 11.4 Å². The van der Waals surface area contributed by atoms with Crippen LogP contribution in [-0.4, -0.2) is 47.7 Å². The molecule has 1 aliphatic heterocycles. The van der Waals surface area contributed by atoms with Gasteiger partial charge in [-0.25, -0.2) is 4.79 Å². The number of hydrogen-bond donors (Lipinski definition) is 3. The number of carbonyl (C=O) groups is 2. The van der Waals surface area contributed by atoms with E-state index >= 15 is 0 Å². The van der Waals surface area contributed by atoms with E-state index in [1.807, 2.05) is 23.6 Å². The average Bonchev–Trinajstić information content (AvgIpc) is 3.53. The Bertz CT molecular complexity index is 1160. The van der Waals surface area contributed by atoms with E-state index in [-0.39, 0.29) is 17.5 Å². The van der Waals surface area contributed by atoms with Gasteiger partial charge in [0.1, 0.15) is 5.56 Å². The Hall–Kier alpha value is -3.38. The van der Waals surface area contributed by atoms with E-state index in [2.05, 4.69) is 10.2 Å². The highest BCUT2D eigenvalue weighted by atomic mass is 16.4. The molecule has 1 aromatic carbocycles. The molecule has 0 radical (unpaired) electrons. The monoisotopic (exact) mass is 467 g/mol. The average molecular weight is 468 g/mol. The summed E-state index contributed by atoms with van der Waals surface area (Å²) >= 11 is 0. The molecule has 0 bridgehead atoms. The van der Waals surface area contributed by atoms with Crippen LogP contribution in [0.25, 0.3) is 10.9 Å². The molecule has 1 saturated heterocycles. The molecule has 34 heavy (non-hydrogen) atoms. The van der Waals surface area contributed by atoms with Crippen LogP contribution in [0.4, 0.5) is 5.69 Å². The van der Waals surface area contributed by atoms with Crippen molar-refractivity contribution in [2.75, 3.05) is 31.1 Å². The molecule has 1 unspecified atom stereocenters. The van der Waals surface area contributed by atoms with Gasteiger partial charge < -0.3 is 25.6 Å². The van der Waals surface area contributed by atoms with Gasteiger partial charge in [-0.2, -0.15) is 5.26 Å². The third-order valence-electron chi connectivity index (χ3n) is 6.40. The summed E-state index contributed by atoms with van der Waals surface area (Å²) in [4.78, 5) is 37.7. The number of pyridine rings is 1. The predicted molar refractivity (Wildman–Crippen MR) is 131 cm³/mol. The van der Waals surface area contributed by atoms with Crippen molar-refractivity contribution in [1.82, 2.24) is 9.88 Å². The molecule has 4 N–H and O–H groups in total. The van der Waals surface area contributed by atoms with E-state index in [0.717, 1.165) is 55.5 Å². The summed E-state index contributed by atoms with van der Waals surface area (Å²) in [6.45, 7) is 6.61. The maximum absolute atomic E-state index is 12.7. The van der Waals surface area contributed by atoms with E-state index in [9.17, 15) is 19.5 Å². The van der Waals surface area contributed by atoms with Gasteiger partial charge in [-0.15, -0.1) is 0 Å². The second-order valence-corrected chi connectivity index (χ2v) is 8.99. The Morgan fingerprint density at radius 3 is 2.59 bits per heavy atom. The number of aromatic nitrogens is 1. The van der Waals surface area contributed by atoms with Crippen molar-refractivity contribution in [3.8, 4) is 6.07 Å². The fourth-order valence-electron chi connectivity index (χ4n) is 4.55. The number of nitrogens with two attached hydrogens (primary N) is 1. The lowest BCUT2D eigenvalue weighted by Crippen LogP contribution is -2.25. The molecule has 1 aliphatic carbocycles. The highest BCUT2D eigenvalue weighted by Crippen LogP contribution is 2.39. The van der Waals surface area contributed by atoms with Gasteiger partial charge >= 0.3 is 5.97 Å². The highest BCUT2D eigenvalue weighted by Gasteiger charge is 2.29. The Labute approximate surface area is 199 Å². The van der Waals surface area contributed by atoms with Crippen molar-refractivity contribution in [3.63, 3.8) is 0 Å². The van der Waals surface area contributed by atoms with E-state index in [1.165, 1.54) is 13.1 Å². The number of fused-ring (bicyclic) bond motifs is 1. The molecular weight excluding hydrogens is 434 g/mol. The lowest BCUT2D eigenvalue weighted by atomic mass is 10.0. The van der Waals surface area contributed by atoms with Crippen LogP contribution >= 0.6 is 0 Å². The summed E-state index contributed by atoms with van der Waals surface area (Å²) in [7, 11) is 0. The molecule has 0 spiro atoms. The minimum absolute atomic E-state index is 0.00371. The van der Waals surface area contributed by atoms with Gasteiger partial charge in [-0.05, 0) is 56.2 Å². The number of nitriles is 1. The normalized spacial score (nSPS) is 17.1. The predicted octanol–water partition coefficient (Wildman–Crippen LogP) is 2.55. The van der Waals surface area contributed by atoms with Crippen LogP contribution in [0.15, 0.2) is 23.1 Å². The molecule has 1 saturated carbocycles. The summed E-state index contributed by atoms with van der Waals surface area (Å²) in [5.74, 6) is -0.643. The molecule has 1 atom stereocenters. The third kappa shape index (κ3) is 5.75. The number of carboxylic acids is 1. The summed E-state index contributed by atoms with van der Waals surface area (Å²) in [5.41, 5.74) is 7.35. The second-order valence-electron chi connectivity index (χ2n) is 8.99. The largest absolute Gasteiger partial charge is 0.477 e. The van der Waals surface area contributed by atoms with Gasteiger partial charge in [0.05, 0.1) is 11.6 Å². The number of carbonyl (C=O) groups excluding carboxylic acids is 1. The van der Waals surface area contributed by atoms with Crippen LogP contribution < -0.4 is 21.4 Å². The molecule has 182 valence electrons. The zero-order valence-corrected chi connectivity index (χ0v) is 19.8. The fourth-order valence-corrected chi connectivity index (χ4v) is 4.55. The van der Waals surface area contributed by atoms with Gasteiger partial charge in [0.15, 0.2) is 0 Å². The maximum Gasteiger partial charge on any atom is 0.341 e. The van der Waals surface area contributed by atoms with Crippen molar-refractivity contribution in [2.45, 2.75) is 52.0 Å². The van der Waals surface area contributed by atoms with Crippen molar-refractivity contribution in [3.05, 3.63) is 39.7 Å². The Kier molecular flexibility index (Phi) is 8.29. The highest BCUT2D eigenvalue weighted by molar-refractivity contribution is 5.95. The number of carboxylic acid groups (broad SMARTS) is 1. The number of benzene rings is 1. The van der Waals surface area contributed by atoms with Crippen LogP contribution in [0.3, 0.4) is 0 Å². The SMILES string of the molecule is CC(=O)NCCC1CCN(c2ccc3c(=O)c(C(=O)O)cn(C4CC4)c3c2C)C1.N#CCCN. The van der Waals surface area contributed by atoms with Gasteiger partial charge in [0.25, 0.3) is 0 Å². The molecule has 1 aromatic heterocycles. The van der Waals surface area contributed by atoms with Crippen molar-refractivity contribution in [1.29, 1.82) is 5.26 Å². The van der Waals surface area contributed by atoms with Crippen LogP contribution in [-0.2, 0) is 4.79 Å². The van der Waals surface area contributed by atoms with Crippen molar-refractivity contribution < 1.29 is 14.7 Å². The number of aromatic carboxylic acids is 1. The lowest BCUT2D eigenvalue weighted by Gasteiger charge is -2.24. The van der Waals surface area contributed by atoms with Gasteiger partial charge in [0, 0.05) is 62.8 Å². The maximum atomic E-state index is 12.7. The topological polar surface area (TPSA) is 141 Å². The van der Waals surface area contributed by atoms with E-state index in [4.69, 9.17) is 11.0 Å². The van der Waals surface area contributed by atoms with E-state index in [0.29, 0.717) is 30.8 Å². The Balaban J connectivity index is 0.000000588. The Morgan fingerprint density at radius 2 is 2.03 bits per heavy atom. The number of nitrogens with zero attached hydrogens (tertiary/aromatic N) is 3. The molecule has 2 aliphatic rings. The summed E-state index contributed by atoms with van der Waals surface area (Å²) in [6.07, 6.45) is 6.05. The molecule has 4 rings (SSSR count). The zero-order chi connectivity index (χ0) is 24.8. The van der Waals surface area contributed by atoms with Crippen LogP contribution in [0.1, 0.15) is 61.0 Å². The van der Waals surface area contributed by atoms with Crippen LogP contribution in [0.2, 0.25) is 0 Å². The number of anilines is 1. The Morgan fingerprint density at radius 1 is 1.29 bits per heavy atom. The molecular formula is C25H33N5O4. The molecule has 1 amide bonds. The summed E-state index contributed by atoms with van der Waals surface area (Å²) in [6, 6.07) is 5.91. The summed E-state index contributed by atoms with van der Waals surface area (Å²) in [5, 5.41) is 20.5. The molecule has 2 heterocycles.